The van der Waals surface area contributed by atoms with Gasteiger partial charge < -0.3 is 15.2 Å². The Kier molecular flexibility index (Phi) is 13.7. The molecule has 152 valence electrons. The van der Waals surface area contributed by atoms with Crippen molar-refractivity contribution in [1.29, 1.82) is 0 Å². The summed E-state index contributed by atoms with van der Waals surface area (Å²) in [5, 5.41) is 0. The van der Waals surface area contributed by atoms with Crippen LogP contribution in [-0.4, -0.2) is 23.3 Å². The van der Waals surface area contributed by atoms with Crippen LogP contribution in [-0.2, 0) is 4.74 Å². The molecule has 0 spiro atoms. The molecule has 5 nitrogen and oxygen atoms in total. The SMILES string of the molecule is CC.CC(C)(C)OC(N)=O.Cc1ccc(OCC(C)CC(C)C)c(C)n1. The molecule has 0 saturated heterocycles. The minimum atomic E-state index is -0.725. The first-order valence-corrected chi connectivity index (χ1v) is 9.46. The van der Waals surface area contributed by atoms with Crippen molar-refractivity contribution < 1.29 is 14.3 Å². The Morgan fingerprint density at radius 2 is 1.69 bits per heavy atom. The molecular formula is C21H40N2O3. The van der Waals surface area contributed by atoms with Crippen LogP contribution in [0.5, 0.6) is 5.75 Å². The number of aromatic nitrogens is 1. The number of ether oxygens (including phenoxy) is 2. The third kappa shape index (κ3) is 15.7. The molecule has 26 heavy (non-hydrogen) atoms. The molecule has 0 radical (unpaired) electrons. The maximum Gasteiger partial charge on any atom is 0.405 e. The summed E-state index contributed by atoms with van der Waals surface area (Å²) in [7, 11) is 0. The summed E-state index contributed by atoms with van der Waals surface area (Å²) >= 11 is 0. The largest absolute Gasteiger partial charge is 0.491 e. The zero-order valence-electron chi connectivity index (χ0n) is 18.5. The smallest absolute Gasteiger partial charge is 0.405 e. The predicted octanol–water partition coefficient (Wildman–Crippen LogP) is 5.67. The van der Waals surface area contributed by atoms with E-state index in [4.69, 9.17) is 10.5 Å². The molecule has 0 aliphatic rings. The average Bonchev–Trinajstić information content (AvgIpc) is 2.45. The molecule has 2 N–H and O–H groups in total. The molecule has 1 rings (SSSR count). The van der Waals surface area contributed by atoms with E-state index >= 15 is 0 Å². The van der Waals surface area contributed by atoms with Gasteiger partial charge in [-0.25, -0.2) is 4.79 Å². The molecule has 1 unspecified atom stereocenters. The molecule has 1 aromatic heterocycles. The van der Waals surface area contributed by atoms with Gasteiger partial charge in [0, 0.05) is 5.69 Å². The molecule has 0 aliphatic heterocycles. The van der Waals surface area contributed by atoms with E-state index < -0.39 is 11.7 Å². The van der Waals surface area contributed by atoms with E-state index in [1.807, 2.05) is 39.8 Å². The maximum absolute atomic E-state index is 10.0. The fourth-order valence-corrected chi connectivity index (χ4v) is 2.23. The lowest BCUT2D eigenvalue weighted by Gasteiger charge is -2.16. The number of carbonyl (C=O) groups is 1. The van der Waals surface area contributed by atoms with E-state index in [1.165, 1.54) is 6.42 Å². The first kappa shape index (κ1) is 26.4. The van der Waals surface area contributed by atoms with Crippen molar-refractivity contribution in [3.8, 4) is 5.75 Å². The summed E-state index contributed by atoms with van der Waals surface area (Å²) in [6.07, 6.45) is 0.482. The summed E-state index contributed by atoms with van der Waals surface area (Å²) in [5.74, 6) is 2.25. The fraction of sp³-hybridized carbons (Fsp3) is 0.714. The van der Waals surface area contributed by atoms with Gasteiger partial charge in [0.15, 0.2) is 0 Å². The van der Waals surface area contributed by atoms with Gasteiger partial charge in [0.05, 0.1) is 12.3 Å². The van der Waals surface area contributed by atoms with Crippen LogP contribution in [0.25, 0.3) is 0 Å². The highest BCUT2D eigenvalue weighted by atomic mass is 16.6. The highest BCUT2D eigenvalue weighted by molar-refractivity contribution is 5.65. The number of rotatable bonds is 5. The topological polar surface area (TPSA) is 74.4 Å². The number of nitrogens with two attached hydrogens (primary N) is 1. The summed E-state index contributed by atoms with van der Waals surface area (Å²) in [6, 6.07) is 4.01. The average molecular weight is 369 g/mol. The zero-order valence-corrected chi connectivity index (χ0v) is 18.5. The first-order chi connectivity index (χ1) is 11.9. The van der Waals surface area contributed by atoms with Crippen molar-refractivity contribution in [2.75, 3.05) is 6.61 Å². The van der Waals surface area contributed by atoms with Crippen molar-refractivity contribution in [3.63, 3.8) is 0 Å². The fourth-order valence-electron chi connectivity index (χ4n) is 2.23. The van der Waals surface area contributed by atoms with Crippen LogP contribution in [0.3, 0.4) is 0 Å². The van der Waals surface area contributed by atoms with E-state index in [0.717, 1.165) is 29.7 Å². The molecule has 0 bridgehead atoms. The molecule has 1 atom stereocenters. The maximum atomic E-state index is 10.0. The molecule has 1 heterocycles. The minimum Gasteiger partial charge on any atom is -0.491 e. The van der Waals surface area contributed by atoms with E-state index in [1.54, 1.807) is 20.8 Å². The second-order valence-electron chi connectivity index (χ2n) is 7.62. The van der Waals surface area contributed by atoms with Crippen LogP contribution >= 0.6 is 0 Å². The molecule has 0 fully saturated rings. The zero-order chi connectivity index (χ0) is 20.9. The molecule has 1 aromatic rings. The van der Waals surface area contributed by atoms with Crippen molar-refractivity contribution in [1.82, 2.24) is 4.98 Å². The summed E-state index contributed by atoms with van der Waals surface area (Å²) in [4.78, 5) is 14.4. The van der Waals surface area contributed by atoms with Crippen LogP contribution in [0.15, 0.2) is 12.1 Å². The molecular weight excluding hydrogens is 328 g/mol. The van der Waals surface area contributed by atoms with Crippen LogP contribution in [0.4, 0.5) is 4.79 Å². The van der Waals surface area contributed by atoms with Crippen molar-refractivity contribution in [3.05, 3.63) is 23.5 Å². The molecule has 5 heteroatoms. The molecule has 0 aliphatic carbocycles. The monoisotopic (exact) mass is 368 g/mol. The Morgan fingerprint density at radius 3 is 2.04 bits per heavy atom. The third-order valence-electron chi connectivity index (χ3n) is 2.98. The van der Waals surface area contributed by atoms with Gasteiger partial charge in [-0.3, -0.25) is 4.98 Å². The second kappa shape index (κ2) is 13.4. The number of pyridine rings is 1. The Balaban J connectivity index is 0. The number of nitrogens with zero attached hydrogens (tertiary/aromatic N) is 1. The Labute approximate surface area is 160 Å². The highest BCUT2D eigenvalue weighted by Gasteiger charge is 2.12. The van der Waals surface area contributed by atoms with Crippen LogP contribution in [0.1, 0.15) is 73.2 Å². The van der Waals surface area contributed by atoms with Gasteiger partial charge in [-0.05, 0) is 65.0 Å². The lowest BCUT2D eigenvalue weighted by atomic mass is 10.00. The van der Waals surface area contributed by atoms with Gasteiger partial charge in [0.25, 0.3) is 0 Å². The van der Waals surface area contributed by atoms with Crippen molar-refractivity contribution in [2.24, 2.45) is 17.6 Å². The van der Waals surface area contributed by atoms with Gasteiger partial charge in [-0.2, -0.15) is 0 Å². The van der Waals surface area contributed by atoms with Crippen molar-refractivity contribution in [2.45, 2.75) is 81.3 Å². The Hall–Kier alpha value is -1.78. The minimum absolute atomic E-state index is 0.453. The van der Waals surface area contributed by atoms with Crippen molar-refractivity contribution >= 4 is 6.09 Å². The van der Waals surface area contributed by atoms with Gasteiger partial charge >= 0.3 is 6.09 Å². The normalized spacial score (nSPS) is 11.5. The number of hydrogen-bond donors (Lipinski definition) is 1. The predicted molar refractivity (Wildman–Crippen MR) is 110 cm³/mol. The Morgan fingerprint density at radius 1 is 1.15 bits per heavy atom. The lowest BCUT2D eigenvalue weighted by molar-refractivity contribution is 0.0600. The summed E-state index contributed by atoms with van der Waals surface area (Å²) < 4.78 is 10.4. The number of amides is 1. The highest BCUT2D eigenvalue weighted by Crippen LogP contribution is 2.18. The lowest BCUT2D eigenvalue weighted by Crippen LogP contribution is -2.27. The quantitative estimate of drug-likeness (QED) is 0.727. The number of aryl methyl sites for hydroxylation is 2. The number of primary amides is 1. The van der Waals surface area contributed by atoms with Gasteiger partial charge in [0.2, 0.25) is 0 Å². The summed E-state index contributed by atoms with van der Waals surface area (Å²) in [5.41, 5.74) is 6.29. The number of hydrogen-bond acceptors (Lipinski definition) is 4. The van der Waals surface area contributed by atoms with Gasteiger partial charge in [0.1, 0.15) is 11.4 Å². The van der Waals surface area contributed by atoms with Crippen LogP contribution < -0.4 is 10.5 Å². The molecule has 0 saturated carbocycles. The van der Waals surface area contributed by atoms with E-state index in [2.05, 4.69) is 30.5 Å². The van der Waals surface area contributed by atoms with E-state index in [-0.39, 0.29) is 0 Å². The summed E-state index contributed by atoms with van der Waals surface area (Å²) in [6.45, 7) is 20.8. The Bertz CT molecular complexity index is 508. The second-order valence-corrected chi connectivity index (χ2v) is 7.62. The third-order valence-corrected chi connectivity index (χ3v) is 2.98. The van der Waals surface area contributed by atoms with Crippen LogP contribution in [0, 0.1) is 25.7 Å². The van der Waals surface area contributed by atoms with Gasteiger partial charge in [-0.15, -0.1) is 0 Å². The number of carbonyl (C=O) groups excluding carboxylic acids is 1. The first-order valence-electron chi connectivity index (χ1n) is 9.46. The molecule has 1 amide bonds. The standard InChI is InChI=1S/C14H23NO.C5H11NO2.C2H6/c1-10(2)8-11(3)9-16-14-7-6-12(4)15-13(14)5;1-5(2,3)8-4(6)7;1-2/h6-7,10-11H,8-9H2,1-5H3;1-3H3,(H2,6,7);1-2H3. The van der Waals surface area contributed by atoms with Gasteiger partial charge in [-0.1, -0.05) is 34.6 Å². The van der Waals surface area contributed by atoms with E-state index in [9.17, 15) is 4.79 Å². The van der Waals surface area contributed by atoms with Crippen LogP contribution in [0.2, 0.25) is 0 Å². The molecule has 0 aromatic carbocycles. The van der Waals surface area contributed by atoms with E-state index in [0.29, 0.717) is 5.92 Å².